The fourth-order valence-electron chi connectivity index (χ4n) is 1.53. The molecule has 0 unspecified atom stereocenters. The Morgan fingerprint density at radius 1 is 1.22 bits per heavy atom. The van der Waals surface area contributed by atoms with Gasteiger partial charge in [-0.3, -0.25) is 4.79 Å². The second kappa shape index (κ2) is 6.55. The minimum absolute atomic E-state index is 0.00419. The summed E-state index contributed by atoms with van der Waals surface area (Å²) in [7, 11) is 1.65. The molecular formula is C15H23NO2. The summed E-state index contributed by atoms with van der Waals surface area (Å²) >= 11 is 0. The normalized spacial score (nSPS) is 11.3. The van der Waals surface area contributed by atoms with Crippen LogP contribution in [0.4, 0.5) is 0 Å². The molecule has 1 aromatic carbocycles. The van der Waals surface area contributed by atoms with E-state index in [1.807, 2.05) is 24.3 Å². The Bertz CT molecular complexity index is 376. The van der Waals surface area contributed by atoms with Gasteiger partial charge >= 0.3 is 0 Å². The van der Waals surface area contributed by atoms with E-state index in [1.165, 1.54) is 5.56 Å². The number of ketones is 1. The Morgan fingerprint density at radius 2 is 1.83 bits per heavy atom. The number of benzene rings is 1. The summed E-state index contributed by atoms with van der Waals surface area (Å²) in [5.74, 6) is 1.10. The average molecular weight is 249 g/mol. The van der Waals surface area contributed by atoms with Crippen LogP contribution in [0.15, 0.2) is 24.3 Å². The number of methoxy groups -OCH3 is 1. The van der Waals surface area contributed by atoms with Gasteiger partial charge in [0, 0.05) is 12.0 Å². The van der Waals surface area contributed by atoms with E-state index in [-0.39, 0.29) is 11.3 Å². The molecule has 0 aliphatic heterocycles. The predicted molar refractivity (Wildman–Crippen MR) is 74.1 cm³/mol. The van der Waals surface area contributed by atoms with Crippen molar-refractivity contribution in [2.75, 3.05) is 13.7 Å². The lowest BCUT2D eigenvalue weighted by atomic mass is 10.1. The van der Waals surface area contributed by atoms with Crippen LogP contribution in [-0.2, 0) is 11.2 Å². The maximum atomic E-state index is 11.7. The highest BCUT2D eigenvalue weighted by atomic mass is 16.5. The van der Waals surface area contributed by atoms with E-state index in [4.69, 9.17) is 4.74 Å². The van der Waals surface area contributed by atoms with Crippen molar-refractivity contribution in [2.45, 2.75) is 39.2 Å². The Labute approximate surface area is 110 Å². The number of Topliss-reactive ketones (excluding diaryl/α,β-unsaturated/α-hetero) is 1. The smallest absolute Gasteiger partial charge is 0.146 e. The molecule has 0 aliphatic rings. The van der Waals surface area contributed by atoms with Gasteiger partial charge in [0.25, 0.3) is 0 Å². The van der Waals surface area contributed by atoms with Crippen LogP contribution in [0.3, 0.4) is 0 Å². The van der Waals surface area contributed by atoms with Crippen LogP contribution in [0.2, 0.25) is 0 Å². The number of carbonyl (C=O) groups excluding carboxylic acids is 1. The number of nitrogens with one attached hydrogen (secondary N) is 1. The summed E-state index contributed by atoms with van der Waals surface area (Å²) in [5, 5.41) is 3.21. The molecule has 3 nitrogen and oxygen atoms in total. The van der Waals surface area contributed by atoms with Gasteiger partial charge in [-0.05, 0) is 44.9 Å². The zero-order chi connectivity index (χ0) is 13.6. The molecule has 100 valence electrons. The minimum Gasteiger partial charge on any atom is -0.497 e. The molecule has 1 aromatic rings. The second-order valence-corrected chi connectivity index (χ2v) is 5.49. The molecule has 3 heteroatoms. The van der Waals surface area contributed by atoms with E-state index in [2.05, 4.69) is 26.1 Å². The van der Waals surface area contributed by atoms with Crippen LogP contribution in [0.5, 0.6) is 5.75 Å². The van der Waals surface area contributed by atoms with Gasteiger partial charge in [-0.25, -0.2) is 0 Å². The molecule has 0 amide bonds. The third-order valence-corrected chi connectivity index (χ3v) is 2.67. The van der Waals surface area contributed by atoms with Gasteiger partial charge in [0.05, 0.1) is 13.7 Å². The van der Waals surface area contributed by atoms with Gasteiger partial charge < -0.3 is 10.1 Å². The topological polar surface area (TPSA) is 38.3 Å². The van der Waals surface area contributed by atoms with E-state index in [0.717, 1.165) is 12.2 Å². The van der Waals surface area contributed by atoms with Crippen LogP contribution < -0.4 is 10.1 Å². The van der Waals surface area contributed by atoms with Gasteiger partial charge in [0.1, 0.15) is 11.5 Å². The number of aryl methyl sites for hydroxylation is 1. The summed E-state index contributed by atoms with van der Waals surface area (Å²) in [6.45, 7) is 6.62. The van der Waals surface area contributed by atoms with Crippen molar-refractivity contribution in [3.8, 4) is 5.75 Å². The summed E-state index contributed by atoms with van der Waals surface area (Å²) in [6, 6.07) is 7.85. The van der Waals surface area contributed by atoms with Gasteiger partial charge in [0.15, 0.2) is 0 Å². The van der Waals surface area contributed by atoms with Crippen LogP contribution in [-0.4, -0.2) is 25.0 Å². The number of hydrogen-bond acceptors (Lipinski definition) is 3. The number of hydrogen-bond donors (Lipinski definition) is 1. The second-order valence-electron chi connectivity index (χ2n) is 5.49. The lowest BCUT2D eigenvalue weighted by Crippen LogP contribution is -2.39. The molecule has 1 N–H and O–H groups in total. The standard InChI is InChI=1S/C15H23NO2/c1-15(2,3)16-11-13(17)8-5-12-6-9-14(18-4)10-7-12/h6-7,9-10,16H,5,8,11H2,1-4H3. The molecule has 0 aliphatic carbocycles. The molecule has 0 saturated carbocycles. The molecule has 0 spiro atoms. The lowest BCUT2D eigenvalue weighted by molar-refractivity contribution is -0.118. The summed E-state index contributed by atoms with van der Waals surface area (Å²) in [5.41, 5.74) is 1.16. The summed E-state index contributed by atoms with van der Waals surface area (Å²) in [4.78, 5) is 11.7. The minimum atomic E-state index is -0.00419. The SMILES string of the molecule is COc1ccc(CCC(=O)CNC(C)(C)C)cc1. The van der Waals surface area contributed by atoms with E-state index in [0.29, 0.717) is 13.0 Å². The van der Waals surface area contributed by atoms with E-state index in [9.17, 15) is 4.79 Å². The summed E-state index contributed by atoms with van der Waals surface area (Å²) in [6.07, 6.45) is 1.37. The number of carbonyl (C=O) groups is 1. The first kappa shape index (κ1) is 14.7. The maximum absolute atomic E-state index is 11.7. The first-order valence-electron chi connectivity index (χ1n) is 6.30. The third-order valence-electron chi connectivity index (χ3n) is 2.67. The zero-order valence-corrected chi connectivity index (χ0v) is 11.7. The highest BCUT2D eigenvalue weighted by molar-refractivity contribution is 5.80. The van der Waals surface area contributed by atoms with Crippen molar-refractivity contribution in [1.29, 1.82) is 0 Å². The van der Waals surface area contributed by atoms with E-state index in [1.54, 1.807) is 7.11 Å². The van der Waals surface area contributed by atoms with Crippen molar-refractivity contribution < 1.29 is 9.53 Å². The Balaban J connectivity index is 2.33. The van der Waals surface area contributed by atoms with Crippen LogP contribution in [0.25, 0.3) is 0 Å². The maximum Gasteiger partial charge on any atom is 0.146 e. The van der Waals surface area contributed by atoms with Gasteiger partial charge in [-0.15, -0.1) is 0 Å². The Morgan fingerprint density at radius 3 is 2.33 bits per heavy atom. The number of rotatable bonds is 6. The van der Waals surface area contributed by atoms with Crippen LogP contribution >= 0.6 is 0 Å². The van der Waals surface area contributed by atoms with Gasteiger partial charge in [0.2, 0.25) is 0 Å². The molecule has 0 fully saturated rings. The molecule has 0 radical (unpaired) electrons. The molecule has 0 atom stereocenters. The molecule has 1 rings (SSSR count). The van der Waals surface area contributed by atoms with Crippen LogP contribution in [0, 0.1) is 0 Å². The zero-order valence-electron chi connectivity index (χ0n) is 11.7. The first-order chi connectivity index (χ1) is 8.40. The fraction of sp³-hybridized carbons (Fsp3) is 0.533. The molecule has 0 saturated heterocycles. The van der Waals surface area contributed by atoms with Crippen molar-refractivity contribution in [3.63, 3.8) is 0 Å². The summed E-state index contributed by atoms with van der Waals surface area (Å²) < 4.78 is 5.09. The largest absolute Gasteiger partial charge is 0.497 e. The van der Waals surface area contributed by atoms with Gasteiger partial charge in [-0.1, -0.05) is 12.1 Å². The van der Waals surface area contributed by atoms with Crippen molar-refractivity contribution in [3.05, 3.63) is 29.8 Å². The van der Waals surface area contributed by atoms with Crippen molar-refractivity contribution >= 4 is 5.78 Å². The Kier molecular flexibility index (Phi) is 5.35. The highest BCUT2D eigenvalue weighted by Gasteiger charge is 2.11. The number of ether oxygens (including phenoxy) is 1. The quantitative estimate of drug-likeness (QED) is 0.842. The molecule has 0 heterocycles. The molecule has 18 heavy (non-hydrogen) atoms. The lowest BCUT2D eigenvalue weighted by Gasteiger charge is -2.19. The van der Waals surface area contributed by atoms with E-state index < -0.39 is 0 Å². The van der Waals surface area contributed by atoms with Gasteiger partial charge in [-0.2, -0.15) is 0 Å². The molecule has 0 bridgehead atoms. The highest BCUT2D eigenvalue weighted by Crippen LogP contribution is 2.12. The van der Waals surface area contributed by atoms with E-state index >= 15 is 0 Å². The first-order valence-corrected chi connectivity index (χ1v) is 6.30. The van der Waals surface area contributed by atoms with Crippen molar-refractivity contribution in [2.24, 2.45) is 0 Å². The van der Waals surface area contributed by atoms with Crippen molar-refractivity contribution in [1.82, 2.24) is 5.32 Å². The molecular weight excluding hydrogens is 226 g/mol. The average Bonchev–Trinajstić information content (AvgIpc) is 2.33. The molecule has 0 aromatic heterocycles. The predicted octanol–water partition coefficient (Wildman–Crippen LogP) is 2.59. The monoisotopic (exact) mass is 249 g/mol. The van der Waals surface area contributed by atoms with Crippen LogP contribution in [0.1, 0.15) is 32.8 Å². The Hall–Kier alpha value is -1.35. The third kappa shape index (κ3) is 5.82. The fourth-order valence-corrected chi connectivity index (χ4v) is 1.53.